The van der Waals surface area contributed by atoms with Gasteiger partial charge in [-0.05, 0) is 23.2 Å². The summed E-state index contributed by atoms with van der Waals surface area (Å²) in [5, 5.41) is 15.2. The molecule has 110 valence electrons. The molecule has 0 fully saturated rings. The summed E-state index contributed by atoms with van der Waals surface area (Å²) in [6.07, 6.45) is 5.05. The summed E-state index contributed by atoms with van der Waals surface area (Å²) in [6, 6.07) is 3.68. The Morgan fingerprint density at radius 3 is 2.95 bits per heavy atom. The third-order valence-electron chi connectivity index (χ3n) is 2.72. The van der Waals surface area contributed by atoms with E-state index in [0.29, 0.717) is 18.0 Å². The molecule has 0 aliphatic carbocycles. The number of carbonyl (C=O) groups excluding carboxylic acids is 1. The molecule has 8 nitrogen and oxygen atoms in total. The molecule has 0 aliphatic rings. The van der Waals surface area contributed by atoms with Crippen molar-refractivity contribution in [3.63, 3.8) is 0 Å². The maximum atomic E-state index is 12.4. The van der Waals surface area contributed by atoms with E-state index in [-0.39, 0.29) is 18.2 Å². The zero-order valence-electron chi connectivity index (χ0n) is 11.1. The number of rotatable bonds is 6. The van der Waals surface area contributed by atoms with Crippen LogP contribution in [0.3, 0.4) is 0 Å². The predicted octanol–water partition coefficient (Wildman–Crippen LogP) is 0.712. The molecule has 0 saturated carbocycles. The van der Waals surface area contributed by atoms with E-state index in [1.165, 1.54) is 6.20 Å². The van der Waals surface area contributed by atoms with Gasteiger partial charge in [0.15, 0.2) is 0 Å². The quantitative estimate of drug-likeness (QED) is 0.351. The number of nitrogens with zero attached hydrogens (tertiary/aromatic N) is 5. The second-order valence-electron chi connectivity index (χ2n) is 4.21. The van der Waals surface area contributed by atoms with Crippen molar-refractivity contribution in [2.45, 2.75) is 13.0 Å². The zero-order valence-corrected chi connectivity index (χ0v) is 11.9. The van der Waals surface area contributed by atoms with Crippen molar-refractivity contribution >= 4 is 23.3 Å². The largest absolute Gasteiger partial charge is 0.409 e. The number of amides is 1. The standard InChI is InChI=1S/C12H14N6O2S/c13-11(16-20)3-5-18(8-9-2-1-4-14-6-9)12(19)10-7-15-17-21-10/h1-2,4,6-7,20H,3,5,8H2,(H2,13,16). The zero-order chi connectivity index (χ0) is 15.1. The van der Waals surface area contributed by atoms with Crippen molar-refractivity contribution in [3.05, 3.63) is 41.2 Å². The van der Waals surface area contributed by atoms with E-state index in [4.69, 9.17) is 10.9 Å². The topological polar surface area (TPSA) is 118 Å². The summed E-state index contributed by atoms with van der Waals surface area (Å²) in [5.41, 5.74) is 6.35. The highest BCUT2D eigenvalue weighted by atomic mass is 32.1. The summed E-state index contributed by atoms with van der Waals surface area (Å²) < 4.78 is 3.69. The van der Waals surface area contributed by atoms with Crippen molar-refractivity contribution in [2.75, 3.05) is 6.54 Å². The Hall–Kier alpha value is -2.55. The molecule has 0 spiro atoms. The smallest absolute Gasteiger partial charge is 0.267 e. The van der Waals surface area contributed by atoms with Crippen LogP contribution in [-0.2, 0) is 6.54 Å². The van der Waals surface area contributed by atoms with E-state index in [0.717, 1.165) is 17.1 Å². The Morgan fingerprint density at radius 2 is 2.33 bits per heavy atom. The Morgan fingerprint density at radius 1 is 1.48 bits per heavy atom. The number of hydrogen-bond donors (Lipinski definition) is 2. The molecule has 1 amide bonds. The fraction of sp³-hybridized carbons (Fsp3) is 0.250. The molecule has 9 heteroatoms. The highest BCUT2D eigenvalue weighted by Gasteiger charge is 2.18. The first-order valence-corrected chi connectivity index (χ1v) is 6.90. The van der Waals surface area contributed by atoms with E-state index < -0.39 is 0 Å². The lowest BCUT2D eigenvalue weighted by molar-refractivity contribution is 0.0752. The second kappa shape index (κ2) is 7.29. The van der Waals surface area contributed by atoms with Gasteiger partial charge in [-0.15, -0.1) is 5.10 Å². The minimum absolute atomic E-state index is 0.0708. The first-order valence-electron chi connectivity index (χ1n) is 6.12. The second-order valence-corrected chi connectivity index (χ2v) is 5.00. The van der Waals surface area contributed by atoms with Crippen LogP contribution in [0.15, 0.2) is 35.9 Å². The Labute approximate surface area is 125 Å². The number of carbonyl (C=O) groups is 1. The number of nitrogens with two attached hydrogens (primary N) is 1. The number of pyridine rings is 1. The minimum Gasteiger partial charge on any atom is -0.409 e. The van der Waals surface area contributed by atoms with Gasteiger partial charge in [0.2, 0.25) is 0 Å². The highest BCUT2D eigenvalue weighted by molar-refractivity contribution is 7.07. The maximum absolute atomic E-state index is 12.4. The van der Waals surface area contributed by atoms with Gasteiger partial charge in [-0.2, -0.15) is 0 Å². The number of aromatic nitrogens is 3. The van der Waals surface area contributed by atoms with Crippen molar-refractivity contribution in [1.82, 2.24) is 19.5 Å². The Balaban J connectivity index is 2.12. The van der Waals surface area contributed by atoms with Crippen LogP contribution in [0.2, 0.25) is 0 Å². The first-order chi connectivity index (χ1) is 10.2. The third kappa shape index (κ3) is 4.21. The monoisotopic (exact) mass is 306 g/mol. The maximum Gasteiger partial charge on any atom is 0.267 e. The van der Waals surface area contributed by atoms with Gasteiger partial charge < -0.3 is 15.8 Å². The van der Waals surface area contributed by atoms with Gasteiger partial charge in [-0.25, -0.2) is 0 Å². The van der Waals surface area contributed by atoms with Crippen LogP contribution in [0.4, 0.5) is 0 Å². The van der Waals surface area contributed by atoms with Gasteiger partial charge in [-0.3, -0.25) is 9.78 Å². The van der Waals surface area contributed by atoms with Crippen molar-refractivity contribution in [1.29, 1.82) is 0 Å². The lowest BCUT2D eigenvalue weighted by Crippen LogP contribution is -2.33. The Bertz CT molecular complexity index is 601. The average Bonchev–Trinajstić information content (AvgIpc) is 3.05. The predicted molar refractivity (Wildman–Crippen MR) is 76.9 cm³/mol. The fourth-order valence-corrected chi connectivity index (χ4v) is 2.16. The van der Waals surface area contributed by atoms with Crippen LogP contribution in [0.25, 0.3) is 0 Å². The Kier molecular flexibility index (Phi) is 5.16. The van der Waals surface area contributed by atoms with Gasteiger partial charge in [0.25, 0.3) is 5.91 Å². The third-order valence-corrected chi connectivity index (χ3v) is 3.37. The molecule has 2 aromatic heterocycles. The van der Waals surface area contributed by atoms with Gasteiger partial charge in [0.05, 0.1) is 6.20 Å². The van der Waals surface area contributed by atoms with E-state index in [1.807, 2.05) is 6.07 Å². The molecule has 2 heterocycles. The SMILES string of the molecule is NC(CCN(Cc1cccnc1)C(=O)c1cnns1)=NO. The van der Waals surface area contributed by atoms with E-state index >= 15 is 0 Å². The number of hydrogen-bond acceptors (Lipinski definition) is 7. The molecule has 0 bridgehead atoms. The molecular formula is C12H14N6O2S. The van der Waals surface area contributed by atoms with Crippen LogP contribution in [0.1, 0.15) is 21.7 Å². The first kappa shape index (κ1) is 14.9. The molecule has 0 aromatic carbocycles. The van der Waals surface area contributed by atoms with E-state index in [2.05, 4.69) is 19.7 Å². The molecule has 0 radical (unpaired) electrons. The molecule has 3 N–H and O–H groups in total. The van der Waals surface area contributed by atoms with Crippen molar-refractivity contribution in [3.8, 4) is 0 Å². The van der Waals surface area contributed by atoms with E-state index in [9.17, 15) is 4.79 Å². The molecule has 0 aliphatic heterocycles. The van der Waals surface area contributed by atoms with Crippen molar-refractivity contribution < 1.29 is 10.0 Å². The number of oxime groups is 1. The van der Waals surface area contributed by atoms with Gasteiger partial charge in [-0.1, -0.05) is 15.7 Å². The van der Waals surface area contributed by atoms with Crippen LogP contribution in [0.5, 0.6) is 0 Å². The number of amidine groups is 1. The molecule has 0 saturated heterocycles. The normalized spacial score (nSPS) is 11.3. The molecule has 2 aromatic rings. The van der Waals surface area contributed by atoms with Crippen LogP contribution in [-0.4, -0.2) is 43.0 Å². The molecule has 21 heavy (non-hydrogen) atoms. The summed E-state index contributed by atoms with van der Waals surface area (Å²) >= 11 is 1.03. The fourth-order valence-electron chi connectivity index (χ4n) is 1.68. The van der Waals surface area contributed by atoms with Gasteiger partial charge in [0, 0.05) is 31.9 Å². The highest BCUT2D eigenvalue weighted by Crippen LogP contribution is 2.11. The summed E-state index contributed by atoms with van der Waals surface area (Å²) in [6.45, 7) is 0.699. The summed E-state index contributed by atoms with van der Waals surface area (Å²) in [4.78, 5) is 18.5. The molecular weight excluding hydrogens is 292 g/mol. The summed E-state index contributed by atoms with van der Waals surface area (Å²) in [5.74, 6) is -0.124. The lowest BCUT2D eigenvalue weighted by atomic mass is 10.2. The van der Waals surface area contributed by atoms with Gasteiger partial charge in [0.1, 0.15) is 10.7 Å². The molecule has 2 rings (SSSR count). The molecule has 0 atom stereocenters. The summed E-state index contributed by atoms with van der Waals surface area (Å²) in [7, 11) is 0. The van der Waals surface area contributed by atoms with Gasteiger partial charge >= 0.3 is 0 Å². The van der Waals surface area contributed by atoms with Crippen LogP contribution >= 0.6 is 11.5 Å². The lowest BCUT2D eigenvalue weighted by Gasteiger charge is -2.21. The molecule has 0 unspecified atom stereocenters. The van der Waals surface area contributed by atoms with Crippen LogP contribution in [0, 0.1) is 0 Å². The van der Waals surface area contributed by atoms with E-state index in [1.54, 1.807) is 23.4 Å². The average molecular weight is 306 g/mol. The van der Waals surface area contributed by atoms with Crippen LogP contribution < -0.4 is 5.73 Å². The minimum atomic E-state index is -0.195. The van der Waals surface area contributed by atoms with Crippen molar-refractivity contribution in [2.24, 2.45) is 10.9 Å².